The number of piperazine rings is 1. The Kier molecular flexibility index (Phi) is 10.9. The van der Waals surface area contributed by atoms with Crippen molar-refractivity contribution >= 4 is 53.4 Å². The van der Waals surface area contributed by atoms with Crippen molar-refractivity contribution in [3.05, 3.63) is 46.6 Å². The van der Waals surface area contributed by atoms with E-state index >= 15 is 8.78 Å². The number of terminal acetylenes is 1. The summed E-state index contributed by atoms with van der Waals surface area (Å²) >= 11 is 7.05. The van der Waals surface area contributed by atoms with Crippen LogP contribution in [0.5, 0.6) is 11.8 Å². The van der Waals surface area contributed by atoms with Crippen molar-refractivity contribution in [2.24, 2.45) is 0 Å². The third kappa shape index (κ3) is 7.34. The van der Waals surface area contributed by atoms with Gasteiger partial charge in [-0.1, -0.05) is 23.6 Å². The smallest absolute Gasteiger partial charge is 0.323 e. The summed E-state index contributed by atoms with van der Waals surface area (Å²) in [7, 11) is -0.128. The van der Waals surface area contributed by atoms with Crippen LogP contribution in [0.15, 0.2) is 24.3 Å². The average molecular weight is 808 g/mol. The van der Waals surface area contributed by atoms with E-state index in [2.05, 4.69) is 36.1 Å². The zero-order valence-corrected chi connectivity index (χ0v) is 33.5. The number of anilines is 1. The normalized spacial score (nSPS) is 21.2. The molecule has 2 bridgehead atoms. The summed E-state index contributed by atoms with van der Waals surface area (Å²) in [5.41, 5.74) is -0.295. The van der Waals surface area contributed by atoms with E-state index in [0.29, 0.717) is 30.9 Å². The van der Waals surface area contributed by atoms with Crippen LogP contribution in [0.25, 0.3) is 32.9 Å². The number of piperidine rings is 1. The highest BCUT2D eigenvalue weighted by molar-refractivity contribution is 7.50. The van der Waals surface area contributed by atoms with Crippen LogP contribution in [0.4, 0.5) is 14.6 Å². The standard InChI is InChI=1S/C40H45ClF2N7O5P/c1-6-28-30(42)10-9-24-15-27(55-56(21-52-5)48-23(4)38(51)54-22(2)3)17-29(31(24)28)34-33(43)35-32(36(41)45-34)37(49-18-25-16-26(19-49)44-25)47-39(46-35)53-20-40-11-7-13-50(40)14-8-12-40/h1,9-10,15,17,22-23,25-26,44,48H,7-8,11-14,16,18-21H2,2-5H3. The summed E-state index contributed by atoms with van der Waals surface area (Å²) in [4.78, 5) is 31.4. The minimum Gasteiger partial charge on any atom is -0.462 e. The van der Waals surface area contributed by atoms with Gasteiger partial charge < -0.3 is 29.0 Å². The average Bonchev–Trinajstić information content (AvgIpc) is 3.75. The number of pyridine rings is 1. The predicted molar refractivity (Wildman–Crippen MR) is 212 cm³/mol. The lowest BCUT2D eigenvalue weighted by Crippen LogP contribution is -2.67. The first kappa shape index (κ1) is 38.9. The number of carbonyl (C=O) groups is 1. The third-order valence-corrected chi connectivity index (χ3v) is 13.0. The van der Waals surface area contributed by atoms with E-state index in [1.807, 2.05) is 0 Å². The zero-order chi connectivity index (χ0) is 39.3. The topological polar surface area (TPSA) is 123 Å². The Labute approximate surface area is 330 Å². The van der Waals surface area contributed by atoms with Crippen LogP contribution in [0.3, 0.4) is 0 Å². The molecule has 0 amide bonds. The van der Waals surface area contributed by atoms with Crippen molar-refractivity contribution in [1.82, 2.24) is 30.3 Å². The first-order valence-electron chi connectivity index (χ1n) is 19.1. The number of ether oxygens (including phenoxy) is 3. The van der Waals surface area contributed by atoms with Gasteiger partial charge in [0.05, 0.1) is 22.6 Å². The fourth-order valence-electron chi connectivity index (χ4n) is 8.64. The van der Waals surface area contributed by atoms with Crippen LogP contribution < -0.4 is 24.6 Å². The highest BCUT2D eigenvalue weighted by Crippen LogP contribution is 2.45. The van der Waals surface area contributed by atoms with Crippen molar-refractivity contribution in [3.63, 3.8) is 0 Å². The van der Waals surface area contributed by atoms with Gasteiger partial charge in [0.2, 0.25) is 0 Å². The summed E-state index contributed by atoms with van der Waals surface area (Å²) in [5, 5.41) is 7.62. The molecule has 4 unspecified atom stereocenters. The van der Waals surface area contributed by atoms with Crippen LogP contribution in [-0.2, 0) is 14.3 Å². The van der Waals surface area contributed by atoms with Crippen LogP contribution in [0.2, 0.25) is 5.15 Å². The quantitative estimate of drug-likeness (QED) is 0.0661. The molecule has 5 aliphatic rings. The molecule has 2 aromatic heterocycles. The Hall–Kier alpha value is -3.96. The monoisotopic (exact) mass is 807 g/mol. The maximum Gasteiger partial charge on any atom is 0.323 e. The van der Waals surface area contributed by atoms with Crippen LogP contribution in [0.1, 0.15) is 58.4 Å². The van der Waals surface area contributed by atoms with Gasteiger partial charge in [-0.2, -0.15) is 9.97 Å². The molecule has 0 spiro atoms. The number of hydrogen-bond donors (Lipinski definition) is 2. The van der Waals surface area contributed by atoms with Gasteiger partial charge in [-0.05, 0) is 89.6 Å². The summed E-state index contributed by atoms with van der Waals surface area (Å²) in [6, 6.07) is 5.87. The second kappa shape index (κ2) is 15.8. The molecular formula is C40H45ClF2N7O5P. The van der Waals surface area contributed by atoms with E-state index in [-0.39, 0.29) is 80.1 Å². The lowest BCUT2D eigenvalue weighted by molar-refractivity contribution is -0.148. The fourth-order valence-corrected chi connectivity index (χ4v) is 10.2. The van der Waals surface area contributed by atoms with Crippen molar-refractivity contribution in [2.75, 3.05) is 51.1 Å². The highest BCUT2D eigenvalue weighted by atomic mass is 35.5. The van der Waals surface area contributed by atoms with E-state index in [4.69, 9.17) is 41.7 Å². The molecular weight excluding hydrogens is 763 g/mol. The molecule has 0 radical (unpaired) electrons. The molecule has 9 rings (SSSR count). The van der Waals surface area contributed by atoms with Gasteiger partial charge >= 0.3 is 12.0 Å². The number of benzene rings is 2. The molecule has 5 fully saturated rings. The predicted octanol–water partition coefficient (Wildman–Crippen LogP) is 6.54. The second-order valence-electron chi connectivity index (χ2n) is 15.4. The number of halogens is 3. The summed E-state index contributed by atoms with van der Waals surface area (Å²) in [6.07, 6.45) is 11.0. The molecule has 2 aromatic carbocycles. The van der Waals surface area contributed by atoms with E-state index in [1.165, 1.54) is 25.3 Å². The molecule has 12 nitrogen and oxygen atoms in total. The number of aromatic nitrogens is 3. The van der Waals surface area contributed by atoms with E-state index < -0.39 is 31.9 Å². The number of nitrogens with zero attached hydrogens (tertiary/aromatic N) is 5. The van der Waals surface area contributed by atoms with Crippen molar-refractivity contribution in [3.8, 4) is 35.4 Å². The summed E-state index contributed by atoms with van der Waals surface area (Å²) < 4.78 is 56.4. The molecule has 16 heteroatoms. The van der Waals surface area contributed by atoms with Gasteiger partial charge in [0.25, 0.3) is 0 Å². The van der Waals surface area contributed by atoms with E-state index in [0.717, 1.165) is 45.2 Å². The fraction of sp³-hybridized carbons (Fsp3) is 0.500. The molecule has 4 atom stereocenters. The third-order valence-electron chi connectivity index (χ3n) is 11.1. The lowest BCUT2D eigenvalue weighted by Gasteiger charge is -2.48. The lowest BCUT2D eigenvalue weighted by atomic mass is 9.91. The molecule has 2 N–H and O–H groups in total. The maximum absolute atomic E-state index is 17.5. The molecule has 296 valence electrons. The number of rotatable bonds is 13. The first-order chi connectivity index (χ1) is 27.0. The Bertz CT molecular complexity index is 2200. The SMILES string of the molecule is C#Cc1c(F)ccc2cc(OP(COC)NC(C)C(=O)OC(C)C)cc(-c3nc(Cl)c4c(N5CC6CC(C5)N6)nc(OCC56CCCN5CCC6)nc4c3F)c12. The Morgan fingerprint density at radius 1 is 1.12 bits per heavy atom. The van der Waals surface area contributed by atoms with Crippen molar-refractivity contribution < 1.29 is 32.3 Å². The summed E-state index contributed by atoms with van der Waals surface area (Å²) in [5.74, 6) is 1.25. The van der Waals surface area contributed by atoms with Gasteiger partial charge in [-0.25, -0.2) is 18.9 Å². The number of methoxy groups -OCH3 is 1. The van der Waals surface area contributed by atoms with Crippen LogP contribution in [0, 0.1) is 24.0 Å². The van der Waals surface area contributed by atoms with E-state index in [1.54, 1.807) is 26.8 Å². The van der Waals surface area contributed by atoms with E-state index in [9.17, 15) is 4.79 Å². The Balaban J connectivity index is 1.24. The maximum atomic E-state index is 17.5. The molecule has 0 saturated carbocycles. The Morgan fingerprint density at radius 2 is 1.86 bits per heavy atom. The Morgan fingerprint density at radius 3 is 2.54 bits per heavy atom. The molecule has 5 aliphatic heterocycles. The number of hydrogen-bond acceptors (Lipinski definition) is 12. The molecule has 5 saturated heterocycles. The highest BCUT2D eigenvalue weighted by Gasteiger charge is 2.45. The van der Waals surface area contributed by atoms with Crippen molar-refractivity contribution in [2.45, 2.75) is 82.6 Å². The van der Waals surface area contributed by atoms with Gasteiger partial charge in [-0.3, -0.25) is 9.69 Å². The van der Waals surface area contributed by atoms with Crippen LogP contribution in [-0.4, -0.2) is 102 Å². The number of esters is 1. The number of nitrogens with one attached hydrogen (secondary N) is 2. The number of fused-ring (bicyclic) bond motifs is 5. The number of carbonyl (C=O) groups excluding carboxylic acids is 1. The molecule has 56 heavy (non-hydrogen) atoms. The van der Waals surface area contributed by atoms with Crippen LogP contribution >= 0.6 is 19.9 Å². The second-order valence-corrected chi connectivity index (χ2v) is 17.2. The first-order valence-corrected chi connectivity index (χ1v) is 20.9. The minimum atomic E-state index is -1.64. The minimum absolute atomic E-state index is 0.0274. The van der Waals surface area contributed by atoms with Gasteiger partial charge in [0.15, 0.2) is 14.1 Å². The largest absolute Gasteiger partial charge is 0.462 e. The summed E-state index contributed by atoms with van der Waals surface area (Å²) in [6.45, 7) is 8.95. The van der Waals surface area contributed by atoms with Gasteiger partial charge in [0, 0.05) is 43.2 Å². The zero-order valence-electron chi connectivity index (χ0n) is 31.8. The molecule has 4 aromatic rings. The van der Waals surface area contributed by atoms with Gasteiger partial charge in [-0.15, -0.1) is 6.42 Å². The van der Waals surface area contributed by atoms with Crippen molar-refractivity contribution in [1.29, 1.82) is 0 Å². The molecule has 7 heterocycles. The molecule has 0 aliphatic carbocycles. The van der Waals surface area contributed by atoms with Gasteiger partial charge in [0.1, 0.15) is 52.7 Å².